The van der Waals surface area contributed by atoms with Crippen molar-refractivity contribution in [1.82, 2.24) is 9.88 Å². The fraction of sp³-hybridized carbons (Fsp3) is 0.333. The Bertz CT molecular complexity index is 662. The van der Waals surface area contributed by atoms with E-state index < -0.39 is 5.97 Å². The van der Waals surface area contributed by atoms with Gasteiger partial charge < -0.3 is 15.0 Å². The summed E-state index contributed by atoms with van der Waals surface area (Å²) < 4.78 is 0. The lowest BCUT2D eigenvalue weighted by molar-refractivity contribution is -0.137. The fourth-order valence-corrected chi connectivity index (χ4v) is 2.86. The third-order valence-corrected chi connectivity index (χ3v) is 3.85. The standard InChI is InChI=1S/C15H16N2O3/c18-14(19)9-12-2-1-7-17(12)15(20)11-4-3-10-5-6-16-13(10)8-11/h3-6,8,12,16H,1-2,7,9H2,(H,18,19). The van der Waals surface area contributed by atoms with Crippen LogP contribution in [0, 0.1) is 0 Å². The minimum absolute atomic E-state index is 0.0243. The SMILES string of the molecule is O=C(O)CC1CCCN1C(=O)c1ccc2cc[nH]c2c1. The smallest absolute Gasteiger partial charge is 0.305 e. The molecule has 3 rings (SSSR count). The Morgan fingerprint density at radius 2 is 2.20 bits per heavy atom. The molecule has 1 aliphatic rings. The van der Waals surface area contributed by atoms with Gasteiger partial charge in [-0.05, 0) is 36.4 Å². The van der Waals surface area contributed by atoms with E-state index in [-0.39, 0.29) is 18.4 Å². The molecule has 1 amide bonds. The number of H-pyrrole nitrogens is 1. The molecular formula is C15H16N2O3. The summed E-state index contributed by atoms with van der Waals surface area (Å²) in [5, 5.41) is 9.97. The maximum Gasteiger partial charge on any atom is 0.305 e. The van der Waals surface area contributed by atoms with E-state index in [1.165, 1.54) is 0 Å². The number of carbonyl (C=O) groups is 2. The van der Waals surface area contributed by atoms with Gasteiger partial charge in [0, 0.05) is 29.9 Å². The van der Waals surface area contributed by atoms with Crippen molar-refractivity contribution in [3.63, 3.8) is 0 Å². The van der Waals surface area contributed by atoms with Gasteiger partial charge in [0.15, 0.2) is 0 Å². The number of likely N-dealkylation sites (tertiary alicyclic amines) is 1. The molecule has 1 aliphatic heterocycles. The van der Waals surface area contributed by atoms with E-state index in [0.717, 1.165) is 23.7 Å². The number of rotatable bonds is 3. The van der Waals surface area contributed by atoms with E-state index in [0.29, 0.717) is 12.1 Å². The Labute approximate surface area is 116 Å². The third kappa shape index (κ3) is 2.27. The lowest BCUT2D eigenvalue weighted by Gasteiger charge is -2.23. The molecule has 2 heterocycles. The van der Waals surface area contributed by atoms with Gasteiger partial charge >= 0.3 is 5.97 Å². The van der Waals surface area contributed by atoms with Crippen molar-refractivity contribution < 1.29 is 14.7 Å². The number of aromatic nitrogens is 1. The van der Waals surface area contributed by atoms with Gasteiger partial charge in [-0.25, -0.2) is 0 Å². The summed E-state index contributed by atoms with van der Waals surface area (Å²) >= 11 is 0. The van der Waals surface area contributed by atoms with Crippen LogP contribution in [0.3, 0.4) is 0 Å². The summed E-state index contributed by atoms with van der Waals surface area (Å²) in [5.41, 5.74) is 1.53. The van der Waals surface area contributed by atoms with E-state index in [1.807, 2.05) is 24.4 Å². The number of nitrogens with one attached hydrogen (secondary N) is 1. The first-order valence-electron chi connectivity index (χ1n) is 6.75. The van der Waals surface area contributed by atoms with Crippen molar-refractivity contribution in [3.8, 4) is 0 Å². The van der Waals surface area contributed by atoms with Gasteiger partial charge in [-0.1, -0.05) is 6.07 Å². The van der Waals surface area contributed by atoms with Crippen molar-refractivity contribution in [3.05, 3.63) is 36.0 Å². The average molecular weight is 272 g/mol. The lowest BCUT2D eigenvalue weighted by Crippen LogP contribution is -2.36. The Morgan fingerprint density at radius 3 is 3.00 bits per heavy atom. The summed E-state index contributed by atoms with van der Waals surface area (Å²) in [6, 6.07) is 7.30. The number of carboxylic acids is 1. The van der Waals surface area contributed by atoms with E-state index in [9.17, 15) is 9.59 Å². The number of hydrogen-bond donors (Lipinski definition) is 2. The van der Waals surface area contributed by atoms with Gasteiger partial charge in [-0.2, -0.15) is 0 Å². The fourth-order valence-electron chi connectivity index (χ4n) is 2.86. The van der Waals surface area contributed by atoms with Crippen LogP contribution < -0.4 is 0 Å². The molecule has 1 fully saturated rings. The first-order valence-corrected chi connectivity index (χ1v) is 6.75. The molecule has 20 heavy (non-hydrogen) atoms. The highest BCUT2D eigenvalue weighted by molar-refractivity contribution is 5.98. The number of hydrogen-bond acceptors (Lipinski definition) is 2. The van der Waals surface area contributed by atoms with Crippen LogP contribution in [0.15, 0.2) is 30.5 Å². The highest BCUT2D eigenvalue weighted by atomic mass is 16.4. The Kier molecular flexibility index (Phi) is 3.18. The van der Waals surface area contributed by atoms with Crippen molar-refractivity contribution in [1.29, 1.82) is 0 Å². The number of amides is 1. The first kappa shape index (κ1) is 12.7. The van der Waals surface area contributed by atoms with Crippen molar-refractivity contribution >= 4 is 22.8 Å². The van der Waals surface area contributed by atoms with Gasteiger partial charge in [0.2, 0.25) is 0 Å². The third-order valence-electron chi connectivity index (χ3n) is 3.85. The normalized spacial score (nSPS) is 18.6. The molecule has 1 atom stereocenters. The molecular weight excluding hydrogens is 256 g/mol. The Hall–Kier alpha value is -2.30. The zero-order valence-corrected chi connectivity index (χ0v) is 11.0. The van der Waals surface area contributed by atoms with Crippen LogP contribution in [0.4, 0.5) is 0 Å². The topological polar surface area (TPSA) is 73.4 Å². The van der Waals surface area contributed by atoms with Crippen molar-refractivity contribution in [2.24, 2.45) is 0 Å². The lowest BCUT2D eigenvalue weighted by atomic mass is 10.1. The summed E-state index contributed by atoms with van der Waals surface area (Å²) in [5.74, 6) is -0.931. The van der Waals surface area contributed by atoms with Gasteiger partial charge in [-0.3, -0.25) is 9.59 Å². The molecule has 1 aromatic carbocycles. The molecule has 1 aromatic heterocycles. The number of carboxylic acid groups (broad SMARTS) is 1. The van der Waals surface area contributed by atoms with Crippen LogP contribution in [0.5, 0.6) is 0 Å². The maximum atomic E-state index is 12.5. The number of fused-ring (bicyclic) bond motifs is 1. The van der Waals surface area contributed by atoms with E-state index in [2.05, 4.69) is 4.98 Å². The minimum atomic E-state index is -0.852. The molecule has 0 aliphatic carbocycles. The highest BCUT2D eigenvalue weighted by Gasteiger charge is 2.30. The van der Waals surface area contributed by atoms with E-state index >= 15 is 0 Å². The summed E-state index contributed by atoms with van der Waals surface area (Å²) in [7, 11) is 0. The highest BCUT2D eigenvalue weighted by Crippen LogP contribution is 2.24. The predicted molar refractivity (Wildman–Crippen MR) is 74.6 cm³/mol. The minimum Gasteiger partial charge on any atom is -0.481 e. The second-order valence-electron chi connectivity index (χ2n) is 5.17. The molecule has 0 spiro atoms. The van der Waals surface area contributed by atoms with Gasteiger partial charge in [0.1, 0.15) is 0 Å². The van der Waals surface area contributed by atoms with Crippen LogP contribution in [-0.2, 0) is 4.79 Å². The van der Waals surface area contributed by atoms with E-state index in [1.54, 1.807) is 11.0 Å². The second kappa shape index (κ2) is 5.00. The molecule has 5 nitrogen and oxygen atoms in total. The number of aromatic amines is 1. The Morgan fingerprint density at radius 1 is 1.35 bits per heavy atom. The van der Waals surface area contributed by atoms with Crippen LogP contribution >= 0.6 is 0 Å². The zero-order chi connectivity index (χ0) is 14.1. The molecule has 104 valence electrons. The number of nitrogens with zero attached hydrogens (tertiary/aromatic N) is 1. The zero-order valence-electron chi connectivity index (χ0n) is 11.0. The van der Waals surface area contributed by atoms with Gasteiger partial charge in [-0.15, -0.1) is 0 Å². The van der Waals surface area contributed by atoms with Crippen LogP contribution in [0.25, 0.3) is 10.9 Å². The Balaban J connectivity index is 1.85. The molecule has 0 bridgehead atoms. The summed E-state index contributed by atoms with van der Waals surface area (Å²) in [4.78, 5) is 28.2. The van der Waals surface area contributed by atoms with E-state index in [4.69, 9.17) is 5.11 Å². The number of carbonyl (C=O) groups excluding carboxylic acids is 1. The molecule has 1 unspecified atom stereocenters. The number of benzene rings is 1. The van der Waals surface area contributed by atoms with Crippen LogP contribution in [0.2, 0.25) is 0 Å². The molecule has 1 saturated heterocycles. The van der Waals surface area contributed by atoms with Gasteiger partial charge in [0.05, 0.1) is 6.42 Å². The molecule has 0 radical (unpaired) electrons. The monoisotopic (exact) mass is 272 g/mol. The summed E-state index contributed by atoms with van der Waals surface area (Å²) in [6.45, 7) is 0.638. The second-order valence-corrected chi connectivity index (χ2v) is 5.17. The first-order chi connectivity index (χ1) is 9.65. The maximum absolute atomic E-state index is 12.5. The molecule has 2 N–H and O–H groups in total. The quantitative estimate of drug-likeness (QED) is 0.900. The van der Waals surface area contributed by atoms with Crippen molar-refractivity contribution in [2.75, 3.05) is 6.54 Å². The molecule has 2 aromatic rings. The average Bonchev–Trinajstić information content (AvgIpc) is 3.04. The molecule has 0 saturated carbocycles. The van der Waals surface area contributed by atoms with Crippen LogP contribution in [0.1, 0.15) is 29.6 Å². The summed E-state index contributed by atoms with van der Waals surface area (Å²) in [6.07, 6.45) is 3.50. The predicted octanol–water partition coefficient (Wildman–Crippen LogP) is 2.25. The van der Waals surface area contributed by atoms with Crippen molar-refractivity contribution in [2.45, 2.75) is 25.3 Å². The van der Waals surface area contributed by atoms with Gasteiger partial charge in [0.25, 0.3) is 5.91 Å². The number of aliphatic carboxylic acids is 1. The molecule has 5 heteroatoms. The largest absolute Gasteiger partial charge is 0.481 e. The van der Waals surface area contributed by atoms with Crippen LogP contribution in [-0.4, -0.2) is 39.5 Å².